The van der Waals surface area contributed by atoms with Crippen LogP contribution in [0.25, 0.3) is 0 Å². The van der Waals surface area contributed by atoms with Gasteiger partial charge in [-0.05, 0) is 12.8 Å². The Morgan fingerprint density at radius 3 is 3.05 bits per heavy atom. The van der Waals surface area contributed by atoms with Crippen LogP contribution in [0.1, 0.15) is 28.6 Å². The minimum Gasteiger partial charge on any atom is -0.491 e. The first-order valence-corrected chi connectivity index (χ1v) is 6.47. The third kappa shape index (κ3) is 1.24. The minimum absolute atomic E-state index is 0.111. The van der Waals surface area contributed by atoms with Gasteiger partial charge in [-0.2, -0.15) is 0 Å². The Hall–Kier alpha value is -1.82. The quantitative estimate of drug-likeness (QED) is 0.723. The average molecular weight is 262 g/mol. The Morgan fingerprint density at radius 2 is 2.26 bits per heavy atom. The van der Waals surface area contributed by atoms with E-state index in [2.05, 4.69) is 0 Å². The molecule has 0 bridgehead atoms. The smallest absolute Gasteiger partial charge is 0.276 e. The zero-order valence-corrected chi connectivity index (χ0v) is 10.6. The molecule has 0 aromatic carbocycles. The zero-order valence-electron chi connectivity index (χ0n) is 10.6. The molecule has 0 saturated carbocycles. The van der Waals surface area contributed by atoms with Crippen LogP contribution in [-0.4, -0.2) is 41.9 Å². The van der Waals surface area contributed by atoms with Gasteiger partial charge in [0.15, 0.2) is 17.7 Å². The third-order valence-electron chi connectivity index (χ3n) is 4.24. The highest BCUT2D eigenvalue weighted by Gasteiger charge is 2.47. The summed E-state index contributed by atoms with van der Waals surface area (Å²) in [5.74, 6) is 0.00227. The van der Waals surface area contributed by atoms with E-state index in [1.54, 1.807) is 11.0 Å². The molecule has 0 aliphatic carbocycles. The molecule has 6 heteroatoms. The van der Waals surface area contributed by atoms with Crippen LogP contribution in [0.3, 0.4) is 0 Å². The fourth-order valence-corrected chi connectivity index (χ4v) is 3.48. The molecule has 1 aromatic heterocycles. The van der Waals surface area contributed by atoms with E-state index in [1.807, 2.05) is 4.57 Å². The number of ether oxygens (including phenoxy) is 2. The van der Waals surface area contributed by atoms with Crippen molar-refractivity contribution in [1.82, 2.24) is 9.47 Å². The minimum atomic E-state index is -0.212. The first-order chi connectivity index (χ1) is 9.22. The molecule has 1 amide bonds. The molecule has 19 heavy (non-hydrogen) atoms. The maximum Gasteiger partial charge on any atom is 0.276 e. The van der Waals surface area contributed by atoms with Crippen molar-refractivity contribution in [3.8, 4) is 5.75 Å². The summed E-state index contributed by atoms with van der Waals surface area (Å²) in [6.07, 6.45) is 1.51. The SMILES string of the molecule is COc1c2n3c(cc1=O)CCC3C1OCCN1C2=O. The number of pyridine rings is 1. The molecule has 0 radical (unpaired) electrons. The summed E-state index contributed by atoms with van der Waals surface area (Å²) in [4.78, 5) is 26.3. The van der Waals surface area contributed by atoms with Crippen molar-refractivity contribution in [2.45, 2.75) is 25.1 Å². The summed E-state index contributed by atoms with van der Waals surface area (Å²) in [6.45, 7) is 1.14. The lowest BCUT2D eigenvalue weighted by molar-refractivity contribution is -0.0124. The lowest BCUT2D eigenvalue weighted by Crippen LogP contribution is -2.48. The summed E-state index contributed by atoms with van der Waals surface area (Å²) in [5, 5.41) is 0. The van der Waals surface area contributed by atoms with Crippen molar-refractivity contribution in [1.29, 1.82) is 0 Å². The molecule has 2 atom stereocenters. The van der Waals surface area contributed by atoms with Crippen LogP contribution in [0.15, 0.2) is 10.9 Å². The number of hydrogen-bond donors (Lipinski definition) is 0. The van der Waals surface area contributed by atoms with Crippen molar-refractivity contribution < 1.29 is 14.3 Å². The number of carbonyl (C=O) groups is 1. The molecule has 1 fully saturated rings. The van der Waals surface area contributed by atoms with Crippen LogP contribution < -0.4 is 10.2 Å². The molecular formula is C13H14N2O4. The summed E-state index contributed by atoms with van der Waals surface area (Å²) < 4.78 is 12.8. The van der Waals surface area contributed by atoms with Gasteiger partial charge in [-0.15, -0.1) is 0 Å². The van der Waals surface area contributed by atoms with E-state index >= 15 is 0 Å². The summed E-state index contributed by atoms with van der Waals surface area (Å²) in [7, 11) is 1.43. The van der Waals surface area contributed by atoms with E-state index in [-0.39, 0.29) is 29.4 Å². The third-order valence-corrected chi connectivity index (χ3v) is 4.24. The van der Waals surface area contributed by atoms with Crippen LogP contribution in [0.2, 0.25) is 0 Å². The van der Waals surface area contributed by atoms with E-state index < -0.39 is 0 Å². The fourth-order valence-electron chi connectivity index (χ4n) is 3.48. The van der Waals surface area contributed by atoms with Gasteiger partial charge in [0.25, 0.3) is 5.91 Å². The van der Waals surface area contributed by atoms with Gasteiger partial charge in [0.2, 0.25) is 5.43 Å². The number of rotatable bonds is 1. The molecule has 4 rings (SSSR count). The number of aromatic nitrogens is 1. The topological polar surface area (TPSA) is 60.8 Å². The first kappa shape index (κ1) is 11.0. The Balaban J connectivity index is 2.03. The number of fused-ring (bicyclic) bond motifs is 2. The summed E-state index contributed by atoms with van der Waals surface area (Å²) in [6, 6.07) is 1.69. The summed E-state index contributed by atoms with van der Waals surface area (Å²) in [5.41, 5.74) is 1.10. The van der Waals surface area contributed by atoms with Crippen molar-refractivity contribution >= 4 is 5.91 Å². The highest BCUT2D eigenvalue weighted by Crippen LogP contribution is 2.40. The first-order valence-electron chi connectivity index (χ1n) is 6.47. The van der Waals surface area contributed by atoms with Gasteiger partial charge < -0.3 is 18.9 Å². The van der Waals surface area contributed by atoms with Crippen molar-refractivity contribution in [3.63, 3.8) is 0 Å². The monoisotopic (exact) mass is 262 g/mol. The Kier molecular flexibility index (Phi) is 2.09. The number of methoxy groups -OCH3 is 1. The Labute approximate surface area is 109 Å². The number of carbonyl (C=O) groups excluding carboxylic acids is 1. The Morgan fingerprint density at radius 1 is 1.42 bits per heavy atom. The number of aryl methyl sites for hydroxylation is 1. The van der Waals surface area contributed by atoms with Gasteiger partial charge in [0.05, 0.1) is 19.8 Å². The molecule has 0 spiro atoms. The number of hydrogen-bond acceptors (Lipinski definition) is 4. The van der Waals surface area contributed by atoms with E-state index in [0.29, 0.717) is 18.8 Å². The van der Waals surface area contributed by atoms with Crippen LogP contribution in [0, 0.1) is 0 Å². The normalized spacial score (nSPS) is 27.4. The number of nitrogens with zero attached hydrogens (tertiary/aromatic N) is 2. The molecule has 6 nitrogen and oxygen atoms in total. The lowest BCUT2D eigenvalue weighted by Gasteiger charge is -2.36. The lowest BCUT2D eigenvalue weighted by atomic mass is 10.1. The molecule has 4 heterocycles. The second-order valence-electron chi connectivity index (χ2n) is 5.12. The predicted octanol–water partition coefficient (Wildman–Crippen LogP) is 0.156. The average Bonchev–Trinajstić information content (AvgIpc) is 3.01. The Bertz CT molecular complexity index is 636. The van der Waals surface area contributed by atoms with Crippen LogP contribution in [0.4, 0.5) is 0 Å². The van der Waals surface area contributed by atoms with Gasteiger partial charge in [0.1, 0.15) is 0 Å². The molecular weight excluding hydrogens is 248 g/mol. The van der Waals surface area contributed by atoms with Crippen molar-refractivity contribution in [2.24, 2.45) is 0 Å². The maximum atomic E-state index is 12.6. The molecule has 3 aliphatic heterocycles. The van der Waals surface area contributed by atoms with E-state index in [9.17, 15) is 9.59 Å². The molecule has 2 unspecified atom stereocenters. The standard InChI is InChI=1S/C13H14N2O4/c1-18-11-9(16)6-7-2-3-8-13-14(4-5-19-13)12(17)10(11)15(7)8/h6,8,13H,2-5H2,1H3. The van der Waals surface area contributed by atoms with Crippen molar-refractivity contribution in [2.75, 3.05) is 20.3 Å². The van der Waals surface area contributed by atoms with Crippen molar-refractivity contribution in [3.05, 3.63) is 27.7 Å². The molecule has 1 aromatic rings. The van der Waals surface area contributed by atoms with Crippen LogP contribution in [0.5, 0.6) is 5.75 Å². The van der Waals surface area contributed by atoms with Gasteiger partial charge in [-0.25, -0.2) is 0 Å². The molecule has 1 saturated heterocycles. The van der Waals surface area contributed by atoms with Gasteiger partial charge >= 0.3 is 0 Å². The summed E-state index contributed by atoms with van der Waals surface area (Å²) >= 11 is 0. The maximum absolute atomic E-state index is 12.6. The van der Waals surface area contributed by atoms with Gasteiger partial charge in [-0.3, -0.25) is 9.59 Å². The van der Waals surface area contributed by atoms with E-state index in [0.717, 1.165) is 18.5 Å². The molecule has 3 aliphatic rings. The van der Waals surface area contributed by atoms with Crippen LogP contribution in [-0.2, 0) is 11.2 Å². The van der Waals surface area contributed by atoms with Crippen LogP contribution >= 0.6 is 0 Å². The fraction of sp³-hybridized carbons (Fsp3) is 0.538. The molecule has 0 N–H and O–H groups in total. The zero-order chi connectivity index (χ0) is 13.1. The second-order valence-corrected chi connectivity index (χ2v) is 5.12. The molecule has 100 valence electrons. The highest BCUT2D eigenvalue weighted by atomic mass is 16.5. The number of amides is 1. The largest absolute Gasteiger partial charge is 0.491 e. The van der Waals surface area contributed by atoms with Gasteiger partial charge in [-0.1, -0.05) is 0 Å². The predicted molar refractivity (Wildman–Crippen MR) is 65.4 cm³/mol. The van der Waals surface area contributed by atoms with Gasteiger partial charge in [0, 0.05) is 18.3 Å². The van der Waals surface area contributed by atoms with E-state index in [4.69, 9.17) is 9.47 Å². The second kappa shape index (κ2) is 3.60. The van der Waals surface area contributed by atoms with E-state index in [1.165, 1.54) is 7.11 Å². The highest BCUT2D eigenvalue weighted by molar-refractivity contribution is 5.96.